The topological polar surface area (TPSA) is 58.4 Å². The summed E-state index contributed by atoms with van der Waals surface area (Å²) in [5, 5.41) is 0.378. The predicted octanol–water partition coefficient (Wildman–Crippen LogP) is 4.01. The molecule has 2 heterocycles. The van der Waals surface area contributed by atoms with Crippen molar-refractivity contribution in [3.05, 3.63) is 57.0 Å². The average molecular weight is 485 g/mol. The van der Waals surface area contributed by atoms with Gasteiger partial charge in [-0.15, -0.1) is 0 Å². The Kier molecular flexibility index (Phi) is 8.63. The second kappa shape index (κ2) is 11.1. The number of benzene rings is 1. The Hall–Kier alpha value is -2.12. The van der Waals surface area contributed by atoms with Crippen LogP contribution in [0.3, 0.4) is 0 Å². The van der Waals surface area contributed by atoms with Gasteiger partial charge in [0, 0.05) is 50.9 Å². The molecule has 7 heteroatoms. The third kappa shape index (κ3) is 6.11. The molecule has 0 spiro atoms. The Labute approximate surface area is 208 Å². The van der Waals surface area contributed by atoms with E-state index in [-0.39, 0.29) is 22.1 Å². The Balaban J connectivity index is 1.76. The van der Waals surface area contributed by atoms with E-state index in [0.717, 1.165) is 44.0 Å². The average Bonchev–Trinajstić information content (AvgIpc) is 2.82. The Bertz CT molecular complexity index is 1050. The van der Waals surface area contributed by atoms with Crippen LogP contribution in [0.1, 0.15) is 63.4 Å². The first-order chi connectivity index (χ1) is 16.0. The van der Waals surface area contributed by atoms with E-state index in [2.05, 4.69) is 56.9 Å². The van der Waals surface area contributed by atoms with Crippen molar-refractivity contribution >= 4 is 17.7 Å². The molecule has 34 heavy (non-hydrogen) atoms. The molecule has 0 bridgehead atoms. The van der Waals surface area contributed by atoms with E-state index in [0.29, 0.717) is 23.6 Å². The number of piperazine rings is 1. The Morgan fingerprint density at radius 2 is 1.71 bits per heavy atom. The number of hydrogen-bond acceptors (Lipinski definition) is 5. The molecular weight excluding hydrogens is 444 g/mol. The van der Waals surface area contributed by atoms with Gasteiger partial charge in [0.15, 0.2) is 5.16 Å². The van der Waals surface area contributed by atoms with Crippen molar-refractivity contribution in [3.8, 4) is 0 Å². The summed E-state index contributed by atoms with van der Waals surface area (Å²) in [5.41, 5.74) is 3.89. The second-order valence-electron chi connectivity index (χ2n) is 10.2. The van der Waals surface area contributed by atoms with Crippen LogP contribution in [0.5, 0.6) is 0 Å². The molecule has 1 unspecified atom stereocenters. The molecule has 0 radical (unpaired) electrons. The fraction of sp³-hybridized carbons (Fsp3) is 0.593. The van der Waals surface area contributed by atoms with Gasteiger partial charge >= 0.3 is 0 Å². The number of carbonyl (C=O) groups is 1. The molecule has 2 aromatic rings. The fourth-order valence-corrected chi connectivity index (χ4v) is 5.39. The lowest BCUT2D eigenvalue weighted by molar-refractivity contribution is -0.132. The van der Waals surface area contributed by atoms with Crippen molar-refractivity contribution in [2.24, 2.45) is 7.05 Å². The molecule has 1 aromatic heterocycles. The van der Waals surface area contributed by atoms with Crippen LogP contribution in [0.25, 0.3) is 0 Å². The van der Waals surface area contributed by atoms with Gasteiger partial charge < -0.3 is 9.80 Å². The number of aromatic nitrogens is 2. The molecule has 0 N–H and O–H groups in total. The summed E-state index contributed by atoms with van der Waals surface area (Å²) in [5.74, 6) is 0.151. The predicted molar refractivity (Wildman–Crippen MR) is 141 cm³/mol. The van der Waals surface area contributed by atoms with Gasteiger partial charge in [0.05, 0.1) is 5.25 Å². The van der Waals surface area contributed by atoms with E-state index in [1.807, 2.05) is 18.7 Å². The molecule has 3 rings (SSSR count). The highest BCUT2D eigenvalue weighted by Gasteiger charge is 2.28. The largest absolute Gasteiger partial charge is 0.339 e. The van der Waals surface area contributed by atoms with Gasteiger partial charge in [-0.25, -0.2) is 4.98 Å². The molecule has 1 aromatic carbocycles. The maximum atomic E-state index is 13.3. The molecule has 0 aliphatic carbocycles. The Morgan fingerprint density at radius 3 is 2.24 bits per heavy atom. The number of rotatable bonds is 7. The highest BCUT2D eigenvalue weighted by Crippen LogP contribution is 2.26. The minimum atomic E-state index is -0.235. The van der Waals surface area contributed by atoms with Gasteiger partial charge in [-0.05, 0) is 36.4 Å². The standard InChI is InChI=1S/C27H40N4O2S/c1-8-23(25(33)31-16-14-30(9-2)15-17-31)34-26-28-19(3)22(24(32)29(26)7)18-20-10-12-21(13-11-20)27(4,5)6/h10-13,23H,8-9,14-18H2,1-7H3. The minimum Gasteiger partial charge on any atom is -0.339 e. The van der Waals surface area contributed by atoms with Gasteiger partial charge in [-0.2, -0.15) is 0 Å². The fourth-order valence-electron chi connectivity index (χ4n) is 4.29. The summed E-state index contributed by atoms with van der Waals surface area (Å²) in [6, 6.07) is 8.49. The monoisotopic (exact) mass is 484 g/mol. The molecule has 1 atom stereocenters. The van der Waals surface area contributed by atoms with Crippen LogP contribution in [0.4, 0.5) is 0 Å². The van der Waals surface area contributed by atoms with Gasteiger partial charge in [0.2, 0.25) is 5.91 Å². The van der Waals surface area contributed by atoms with E-state index in [1.54, 1.807) is 11.6 Å². The molecule has 6 nitrogen and oxygen atoms in total. The first-order valence-electron chi connectivity index (χ1n) is 12.4. The quantitative estimate of drug-likeness (QED) is 0.439. The summed E-state index contributed by atoms with van der Waals surface area (Å²) in [4.78, 5) is 35.6. The maximum absolute atomic E-state index is 13.3. The van der Waals surface area contributed by atoms with Crippen molar-refractivity contribution in [2.75, 3.05) is 32.7 Å². The highest BCUT2D eigenvalue weighted by atomic mass is 32.2. The second-order valence-corrected chi connectivity index (χ2v) is 11.4. The lowest BCUT2D eigenvalue weighted by Crippen LogP contribution is -2.50. The van der Waals surface area contributed by atoms with E-state index in [4.69, 9.17) is 4.98 Å². The molecule has 186 valence electrons. The lowest BCUT2D eigenvalue weighted by atomic mass is 9.86. The van der Waals surface area contributed by atoms with Crippen molar-refractivity contribution in [2.45, 2.75) is 70.2 Å². The molecular formula is C27H40N4O2S. The summed E-state index contributed by atoms with van der Waals surface area (Å²) in [6.07, 6.45) is 1.26. The first-order valence-corrected chi connectivity index (χ1v) is 13.3. The number of nitrogens with zero attached hydrogens (tertiary/aromatic N) is 4. The molecule has 1 aliphatic rings. The number of hydrogen-bond donors (Lipinski definition) is 0. The number of carbonyl (C=O) groups excluding carboxylic acids is 1. The van der Waals surface area contributed by atoms with Crippen LogP contribution in [0.2, 0.25) is 0 Å². The number of aryl methyl sites for hydroxylation is 1. The van der Waals surface area contributed by atoms with Crippen molar-refractivity contribution in [3.63, 3.8) is 0 Å². The van der Waals surface area contributed by atoms with Gasteiger partial charge in [0.25, 0.3) is 5.56 Å². The number of likely N-dealkylation sites (N-methyl/N-ethyl adjacent to an activating group) is 1. The van der Waals surface area contributed by atoms with Crippen molar-refractivity contribution < 1.29 is 4.79 Å². The van der Waals surface area contributed by atoms with Gasteiger partial charge in [-0.3, -0.25) is 14.2 Å². The summed E-state index contributed by atoms with van der Waals surface area (Å²) in [6.45, 7) is 17.1. The zero-order valence-electron chi connectivity index (χ0n) is 21.9. The van der Waals surface area contributed by atoms with Crippen LogP contribution < -0.4 is 5.56 Å². The zero-order valence-corrected chi connectivity index (χ0v) is 22.7. The van der Waals surface area contributed by atoms with Gasteiger partial charge in [-0.1, -0.05) is 70.6 Å². The molecule has 1 fully saturated rings. The van der Waals surface area contributed by atoms with Crippen molar-refractivity contribution in [1.29, 1.82) is 0 Å². The third-order valence-corrected chi connectivity index (χ3v) is 8.17. The normalized spacial score (nSPS) is 16.0. The van der Waals surface area contributed by atoms with Crippen LogP contribution in [0.15, 0.2) is 34.2 Å². The van der Waals surface area contributed by atoms with E-state index in [1.165, 1.54) is 17.3 Å². The molecule has 1 amide bonds. The maximum Gasteiger partial charge on any atom is 0.257 e. The molecule has 0 saturated carbocycles. The molecule has 1 saturated heterocycles. The smallest absolute Gasteiger partial charge is 0.257 e. The minimum absolute atomic E-state index is 0.0336. The lowest BCUT2D eigenvalue weighted by Gasteiger charge is -2.35. The summed E-state index contributed by atoms with van der Waals surface area (Å²) in [7, 11) is 1.76. The number of amides is 1. The number of thioether (sulfide) groups is 1. The van der Waals surface area contributed by atoms with Crippen molar-refractivity contribution in [1.82, 2.24) is 19.4 Å². The molecule has 1 aliphatic heterocycles. The van der Waals surface area contributed by atoms with E-state index in [9.17, 15) is 9.59 Å². The highest BCUT2D eigenvalue weighted by molar-refractivity contribution is 8.00. The van der Waals surface area contributed by atoms with Crippen LogP contribution in [-0.2, 0) is 23.7 Å². The van der Waals surface area contributed by atoms with E-state index >= 15 is 0 Å². The Morgan fingerprint density at radius 1 is 1.09 bits per heavy atom. The summed E-state index contributed by atoms with van der Waals surface area (Å²) >= 11 is 1.42. The SMILES string of the molecule is CCC(Sc1nc(C)c(Cc2ccc(C(C)(C)C)cc2)c(=O)n1C)C(=O)N1CCN(CC)CC1. The summed E-state index contributed by atoms with van der Waals surface area (Å²) < 4.78 is 1.61. The third-order valence-electron chi connectivity index (χ3n) is 6.78. The van der Waals surface area contributed by atoms with Crippen LogP contribution in [-0.4, -0.2) is 63.2 Å². The van der Waals surface area contributed by atoms with E-state index < -0.39 is 0 Å². The zero-order chi connectivity index (χ0) is 25.0. The van der Waals surface area contributed by atoms with Gasteiger partial charge in [0.1, 0.15) is 0 Å². The van der Waals surface area contributed by atoms with Crippen LogP contribution in [0, 0.1) is 6.92 Å². The first kappa shape index (κ1) is 26.5. The van der Waals surface area contributed by atoms with Crippen LogP contribution >= 0.6 is 11.8 Å².